The average molecular weight is 358 g/mol. The Labute approximate surface area is 161 Å². The Morgan fingerprint density at radius 1 is 0.926 bits per heavy atom. The highest BCUT2D eigenvalue weighted by Gasteiger charge is 2.25. The van der Waals surface area contributed by atoms with Crippen molar-refractivity contribution in [2.75, 3.05) is 26.3 Å². The molecule has 1 saturated heterocycles. The van der Waals surface area contributed by atoms with Gasteiger partial charge in [-0.3, -0.25) is 4.99 Å². The highest BCUT2D eigenvalue weighted by atomic mass is 16.5. The second kappa shape index (κ2) is 8.36. The predicted molar refractivity (Wildman–Crippen MR) is 112 cm³/mol. The minimum Gasteiger partial charge on any atom is -0.378 e. The van der Waals surface area contributed by atoms with Crippen LogP contribution in [0.15, 0.2) is 76.4 Å². The molecule has 0 aromatic heterocycles. The van der Waals surface area contributed by atoms with Gasteiger partial charge in [-0.25, -0.2) is 0 Å². The molecule has 4 rings (SSSR count). The Morgan fingerprint density at radius 2 is 1.67 bits per heavy atom. The fourth-order valence-corrected chi connectivity index (χ4v) is 3.71. The van der Waals surface area contributed by atoms with Crippen molar-refractivity contribution in [2.45, 2.75) is 19.8 Å². The van der Waals surface area contributed by atoms with Crippen molar-refractivity contribution in [3.63, 3.8) is 0 Å². The molecule has 0 saturated carbocycles. The van der Waals surface area contributed by atoms with Crippen LogP contribution in [0.1, 0.15) is 24.0 Å². The largest absolute Gasteiger partial charge is 0.378 e. The number of benzene rings is 2. The third-order valence-corrected chi connectivity index (χ3v) is 5.14. The highest BCUT2D eigenvalue weighted by Crippen LogP contribution is 2.35. The number of rotatable bonds is 4. The summed E-state index contributed by atoms with van der Waals surface area (Å²) in [5, 5.41) is 0. The molecule has 1 heterocycles. The summed E-state index contributed by atoms with van der Waals surface area (Å²) in [7, 11) is 0. The molecule has 3 heteroatoms. The highest BCUT2D eigenvalue weighted by molar-refractivity contribution is 5.85. The van der Waals surface area contributed by atoms with Crippen molar-refractivity contribution < 1.29 is 4.74 Å². The van der Waals surface area contributed by atoms with Crippen LogP contribution in [0.2, 0.25) is 0 Å². The number of aliphatic imine (C=N–C) groups is 1. The first-order valence-electron chi connectivity index (χ1n) is 9.72. The molecule has 0 bridgehead atoms. The van der Waals surface area contributed by atoms with Gasteiger partial charge in [0.15, 0.2) is 0 Å². The number of ether oxygens (including phenoxy) is 1. The van der Waals surface area contributed by atoms with Gasteiger partial charge in [-0.05, 0) is 54.7 Å². The standard InChI is InChI=1S/C24H26N2O/c1-19-7-11-23(12-8-19)25-18-22-10-9-21(17-20-5-3-2-4-6-20)24(22)26-13-15-27-16-14-26/h2-8,11-12,17-18H,9-10,13-16H2,1H3/b21-17+,25-18?. The summed E-state index contributed by atoms with van der Waals surface area (Å²) in [6, 6.07) is 19.0. The Hall–Kier alpha value is -2.65. The Kier molecular flexibility index (Phi) is 5.50. The third kappa shape index (κ3) is 4.37. The van der Waals surface area contributed by atoms with Gasteiger partial charge in [-0.1, -0.05) is 48.0 Å². The quantitative estimate of drug-likeness (QED) is 0.705. The van der Waals surface area contributed by atoms with Gasteiger partial charge in [0.1, 0.15) is 0 Å². The SMILES string of the molecule is Cc1ccc(N=CC2=C(N3CCOCC3)/C(=C/c3ccccc3)CC2)cc1. The summed E-state index contributed by atoms with van der Waals surface area (Å²) in [6.07, 6.45) is 6.51. The van der Waals surface area contributed by atoms with Gasteiger partial charge in [-0.2, -0.15) is 0 Å². The van der Waals surface area contributed by atoms with E-state index in [-0.39, 0.29) is 0 Å². The zero-order valence-corrected chi connectivity index (χ0v) is 15.9. The van der Waals surface area contributed by atoms with Crippen LogP contribution < -0.4 is 0 Å². The van der Waals surface area contributed by atoms with E-state index in [1.165, 1.54) is 28.0 Å². The monoisotopic (exact) mass is 358 g/mol. The van der Waals surface area contributed by atoms with Crippen LogP contribution in [0.25, 0.3) is 6.08 Å². The van der Waals surface area contributed by atoms with E-state index in [1.807, 2.05) is 0 Å². The predicted octanol–water partition coefficient (Wildman–Crippen LogP) is 5.16. The average Bonchev–Trinajstić information content (AvgIpc) is 3.11. The summed E-state index contributed by atoms with van der Waals surface area (Å²) in [5.41, 5.74) is 7.63. The van der Waals surface area contributed by atoms with Crippen LogP contribution in [-0.4, -0.2) is 37.4 Å². The van der Waals surface area contributed by atoms with Crippen LogP contribution in [0.4, 0.5) is 5.69 Å². The normalized spacial score (nSPS) is 19.4. The van der Waals surface area contributed by atoms with Crippen LogP contribution in [0, 0.1) is 6.92 Å². The molecule has 1 fully saturated rings. The maximum atomic E-state index is 5.57. The number of hydrogen-bond acceptors (Lipinski definition) is 3. The molecular weight excluding hydrogens is 332 g/mol. The summed E-state index contributed by atoms with van der Waals surface area (Å²) in [4.78, 5) is 7.22. The number of allylic oxidation sites excluding steroid dienone is 2. The van der Waals surface area contributed by atoms with Crippen molar-refractivity contribution in [3.8, 4) is 0 Å². The van der Waals surface area contributed by atoms with Gasteiger partial charge in [0, 0.05) is 25.0 Å². The summed E-state index contributed by atoms with van der Waals surface area (Å²) < 4.78 is 5.57. The van der Waals surface area contributed by atoms with E-state index in [0.29, 0.717) is 0 Å². The lowest BCUT2D eigenvalue weighted by atomic mass is 10.1. The molecule has 2 aromatic rings. The molecule has 1 aliphatic carbocycles. The second-order valence-corrected chi connectivity index (χ2v) is 7.15. The first-order valence-corrected chi connectivity index (χ1v) is 9.72. The minimum absolute atomic E-state index is 0.796. The van der Waals surface area contributed by atoms with Crippen molar-refractivity contribution in [3.05, 3.63) is 82.6 Å². The van der Waals surface area contributed by atoms with E-state index in [4.69, 9.17) is 9.73 Å². The minimum atomic E-state index is 0.796. The van der Waals surface area contributed by atoms with Crippen molar-refractivity contribution >= 4 is 18.0 Å². The maximum absolute atomic E-state index is 5.57. The smallest absolute Gasteiger partial charge is 0.0642 e. The zero-order valence-electron chi connectivity index (χ0n) is 15.9. The number of aryl methyl sites for hydroxylation is 1. The van der Waals surface area contributed by atoms with Crippen LogP contribution in [-0.2, 0) is 4.74 Å². The third-order valence-electron chi connectivity index (χ3n) is 5.14. The van der Waals surface area contributed by atoms with E-state index in [1.54, 1.807) is 0 Å². The topological polar surface area (TPSA) is 24.8 Å². The maximum Gasteiger partial charge on any atom is 0.0642 e. The van der Waals surface area contributed by atoms with E-state index in [0.717, 1.165) is 44.8 Å². The molecule has 2 aromatic carbocycles. The number of hydrogen-bond donors (Lipinski definition) is 0. The van der Waals surface area contributed by atoms with E-state index < -0.39 is 0 Å². The molecule has 1 aliphatic heterocycles. The molecule has 0 unspecified atom stereocenters. The molecular formula is C24H26N2O. The van der Waals surface area contributed by atoms with Crippen molar-refractivity contribution in [2.24, 2.45) is 4.99 Å². The van der Waals surface area contributed by atoms with Gasteiger partial charge < -0.3 is 9.64 Å². The molecule has 0 radical (unpaired) electrons. The first-order chi connectivity index (χ1) is 13.3. The molecule has 0 atom stereocenters. The molecule has 2 aliphatic rings. The first kappa shape index (κ1) is 17.7. The van der Waals surface area contributed by atoms with Crippen LogP contribution in [0.3, 0.4) is 0 Å². The summed E-state index contributed by atoms with van der Waals surface area (Å²) >= 11 is 0. The lowest BCUT2D eigenvalue weighted by molar-refractivity contribution is 0.0548. The zero-order chi connectivity index (χ0) is 18.5. The fraction of sp³-hybridized carbons (Fsp3) is 0.292. The van der Waals surface area contributed by atoms with E-state index >= 15 is 0 Å². The summed E-state index contributed by atoms with van der Waals surface area (Å²) in [6.45, 7) is 5.59. The van der Waals surface area contributed by atoms with Crippen molar-refractivity contribution in [1.82, 2.24) is 4.90 Å². The van der Waals surface area contributed by atoms with E-state index in [2.05, 4.69) is 78.7 Å². The molecule has 138 valence electrons. The lowest BCUT2D eigenvalue weighted by Gasteiger charge is -2.31. The fourth-order valence-electron chi connectivity index (χ4n) is 3.71. The van der Waals surface area contributed by atoms with Crippen LogP contribution in [0.5, 0.6) is 0 Å². The number of nitrogens with zero attached hydrogens (tertiary/aromatic N) is 2. The Morgan fingerprint density at radius 3 is 2.41 bits per heavy atom. The van der Waals surface area contributed by atoms with Crippen molar-refractivity contribution in [1.29, 1.82) is 0 Å². The van der Waals surface area contributed by atoms with Gasteiger partial charge in [0.05, 0.1) is 18.9 Å². The van der Waals surface area contributed by atoms with Gasteiger partial charge in [0.25, 0.3) is 0 Å². The van der Waals surface area contributed by atoms with E-state index in [9.17, 15) is 0 Å². The van der Waals surface area contributed by atoms with Gasteiger partial charge in [0.2, 0.25) is 0 Å². The van der Waals surface area contributed by atoms with Crippen LogP contribution >= 0.6 is 0 Å². The lowest BCUT2D eigenvalue weighted by Crippen LogP contribution is -2.36. The second-order valence-electron chi connectivity index (χ2n) is 7.15. The molecule has 0 spiro atoms. The number of morpholine rings is 1. The molecule has 27 heavy (non-hydrogen) atoms. The van der Waals surface area contributed by atoms with Gasteiger partial charge >= 0.3 is 0 Å². The molecule has 3 nitrogen and oxygen atoms in total. The van der Waals surface area contributed by atoms with Gasteiger partial charge in [-0.15, -0.1) is 0 Å². The molecule has 0 N–H and O–H groups in total. The Bertz CT molecular complexity index is 857. The summed E-state index contributed by atoms with van der Waals surface area (Å²) in [5.74, 6) is 0. The Balaban J connectivity index is 1.67. The molecule has 0 amide bonds.